The summed E-state index contributed by atoms with van der Waals surface area (Å²) in [6.07, 6.45) is 1.86. The summed E-state index contributed by atoms with van der Waals surface area (Å²) >= 11 is 0. The lowest BCUT2D eigenvalue weighted by molar-refractivity contribution is 0.390. The molecule has 0 fully saturated rings. The summed E-state index contributed by atoms with van der Waals surface area (Å²) in [5.74, 6) is 0.269. The van der Waals surface area contributed by atoms with E-state index in [9.17, 15) is 13.5 Å². The smallest absolute Gasteiger partial charge is 0.240 e. The van der Waals surface area contributed by atoms with Crippen molar-refractivity contribution in [1.82, 2.24) is 4.72 Å². The highest BCUT2D eigenvalue weighted by Gasteiger charge is 2.21. The number of phenols is 1. The van der Waals surface area contributed by atoms with E-state index in [4.69, 9.17) is 0 Å². The van der Waals surface area contributed by atoms with E-state index in [2.05, 4.69) is 4.72 Å². The Morgan fingerprint density at radius 2 is 1.89 bits per heavy atom. The quantitative estimate of drug-likeness (QED) is 0.835. The zero-order valence-corrected chi connectivity index (χ0v) is 11.9. The lowest BCUT2D eigenvalue weighted by atomic mass is 9.96. The van der Waals surface area contributed by atoms with Gasteiger partial charge in [-0.25, -0.2) is 13.1 Å². The van der Waals surface area contributed by atoms with Crippen molar-refractivity contribution in [1.29, 1.82) is 0 Å². The van der Waals surface area contributed by atoms with Crippen LogP contribution in [-0.2, 0) is 10.0 Å². The lowest BCUT2D eigenvalue weighted by Crippen LogP contribution is -2.37. The van der Waals surface area contributed by atoms with Crippen LogP contribution in [-0.4, -0.2) is 19.6 Å². The zero-order chi connectivity index (χ0) is 13.8. The van der Waals surface area contributed by atoms with Crippen LogP contribution < -0.4 is 4.72 Å². The number of sulfonamides is 1. The molecule has 0 aliphatic rings. The Hall–Kier alpha value is -1.07. The van der Waals surface area contributed by atoms with Gasteiger partial charge in [0.2, 0.25) is 10.0 Å². The summed E-state index contributed by atoms with van der Waals surface area (Å²) in [6.45, 7) is 5.97. The van der Waals surface area contributed by atoms with Crippen LogP contribution in [0.3, 0.4) is 0 Å². The van der Waals surface area contributed by atoms with Gasteiger partial charge >= 0.3 is 0 Å². The number of benzene rings is 1. The third kappa shape index (κ3) is 3.71. The van der Waals surface area contributed by atoms with E-state index in [-0.39, 0.29) is 16.7 Å². The highest BCUT2D eigenvalue weighted by atomic mass is 32.2. The SMILES string of the molecule is CCC(CC)C(C)NS(=O)(=O)c1cccc(O)c1. The van der Waals surface area contributed by atoms with Crippen LogP contribution in [0, 0.1) is 5.92 Å². The summed E-state index contributed by atoms with van der Waals surface area (Å²) in [5.41, 5.74) is 0. The van der Waals surface area contributed by atoms with Crippen molar-refractivity contribution < 1.29 is 13.5 Å². The molecule has 2 N–H and O–H groups in total. The van der Waals surface area contributed by atoms with Crippen molar-refractivity contribution in [2.24, 2.45) is 5.92 Å². The van der Waals surface area contributed by atoms with Gasteiger partial charge in [-0.2, -0.15) is 0 Å². The fourth-order valence-corrected chi connectivity index (χ4v) is 3.41. The van der Waals surface area contributed by atoms with E-state index in [0.717, 1.165) is 12.8 Å². The van der Waals surface area contributed by atoms with Crippen molar-refractivity contribution in [3.8, 4) is 5.75 Å². The minimum Gasteiger partial charge on any atom is -0.508 e. The molecule has 0 amide bonds. The van der Waals surface area contributed by atoms with Crippen LogP contribution in [0.15, 0.2) is 29.2 Å². The van der Waals surface area contributed by atoms with E-state index >= 15 is 0 Å². The maximum absolute atomic E-state index is 12.1. The highest BCUT2D eigenvalue weighted by Crippen LogP contribution is 2.19. The average Bonchev–Trinajstić information content (AvgIpc) is 2.30. The minimum absolute atomic E-state index is 0.0481. The van der Waals surface area contributed by atoms with Gasteiger partial charge in [-0.1, -0.05) is 32.8 Å². The zero-order valence-electron chi connectivity index (χ0n) is 11.1. The molecule has 1 aromatic carbocycles. The predicted octanol–water partition coefficient (Wildman–Crippen LogP) is 2.50. The van der Waals surface area contributed by atoms with E-state index in [1.807, 2.05) is 20.8 Å². The van der Waals surface area contributed by atoms with Crippen molar-refractivity contribution in [3.63, 3.8) is 0 Å². The first-order chi connectivity index (χ1) is 8.40. The van der Waals surface area contributed by atoms with Crippen LogP contribution in [0.5, 0.6) is 5.75 Å². The van der Waals surface area contributed by atoms with Gasteiger partial charge in [0.1, 0.15) is 5.75 Å². The molecule has 0 saturated heterocycles. The van der Waals surface area contributed by atoms with E-state index in [0.29, 0.717) is 5.92 Å². The fourth-order valence-electron chi connectivity index (χ4n) is 2.06. The van der Waals surface area contributed by atoms with Gasteiger partial charge in [0, 0.05) is 6.04 Å². The minimum atomic E-state index is -3.56. The Balaban J connectivity index is 2.89. The molecule has 1 unspecified atom stereocenters. The first-order valence-electron chi connectivity index (χ1n) is 6.22. The first kappa shape index (κ1) is 15.0. The summed E-state index contributed by atoms with van der Waals surface area (Å²) in [4.78, 5) is 0.0975. The molecule has 1 aromatic rings. The monoisotopic (exact) mass is 271 g/mol. The molecule has 0 heterocycles. The van der Waals surface area contributed by atoms with Crippen LogP contribution in [0.4, 0.5) is 0 Å². The fraction of sp³-hybridized carbons (Fsp3) is 0.538. The van der Waals surface area contributed by atoms with Gasteiger partial charge in [-0.15, -0.1) is 0 Å². The molecular weight excluding hydrogens is 250 g/mol. The van der Waals surface area contributed by atoms with Gasteiger partial charge < -0.3 is 5.11 Å². The molecule has 0 aliphatic heterocycles. The van der Waals surface area contributed by atoms with Crippen LogP contribution >= 0.6 is 0 Å². The predicted molar refractivity (Wildman–Crippen MR) is 72.0 cm³/mol. The molecule has 0 aliphatic carbocycles. The Bertz CT molecular complexity index is 481. The molecule has 4 nitrogen and oxygen atoms in total. The summed E-state index contributed by atoms with van der Waals surface area (Å²) in [6, 6.07) is 5.57. The van der Waals surface area contributed by atoms with E-state index in [1.54, 1.807) is 0 Å². The number of aromatic hydroxyl groups is 1. The van der Waals surface area contributed by atoms with Gasteiger partial charge in [0.25, 0.3) is 0 Å². The second kappa shape index (κ2) is 6.20. The van der Waals surface area contributed by atoms with Crippen LogP contribution in [0.1, 0.15) is 33.6 Å². The van der Waals surface area contributed by atoms with Gasteiger partial charge in [0.15, 0.2) is 0 Å². The van der Waals surface area contributed by atoms with Crippen LogP contribution in [0.25, 0.3) is 0 Å². The Morgan fingerprint density at radius 1 is 1.28 bits per heavy atom. The molecule has 0 saturated carbocycles. The summed E-state index contributed by atoms with van der Waals surface area (Å²) in [7, 11) is -3.56. The molecule has 18 heavy (non-hydrogen) atoms. The Kier molecular flexibility index (Phi) is 5.16. The van der Waals surface area contributed by atoms with Gasteiger partial charge in [0.05, 0.1) is 4.90 Å². The molecule has 0 bridgehead atoms. The number of hydrogen-bond acceptors (Lipinski definition) is 3. The molecule has 102 valence electrons. The van der Waals surface area contributed by atoms with Crippen molar-refractivity contribution in [2.75, 3.05) is 0 Å². The standard InChI is InChI=1S/C13H21NO3S/c1-4-11(5-2)10(3)14-18(16,17)13-8-6-7-12(15)9-13/h6-11,14-15H,4-5H2,1-3H3. The molecule has 5 heteroatoms. The second-order valence-corrected chi connectivity index (χ2v) is 6.20. The number of hydrogen-bond donors (Lipinski definition) is 2. The van der Waals surface area contributed by atoms with Gasteiger partial charge in [-0.05, 0) is 31.0 Å². The third-order valence-electron chi connectivity index (χ3n) is 3.22. The number of nitrogens with one attached hydrogen (secondary N) is 1. The van der Waals surface area contributed by atoms with Gasteiger partial charge in [-0.3, -0.25) is 0 Å². The molecular formula is C13H21NO3S. The average molecular weight is 271 g/mol. The normalized spacial score (nSPS) is 13.8. The topological polar surface area (TPSA) is 66.4 Å². The molecule has 1 rings (SSSR count). The largest absolute Gasteiger partial charge is 0.508 e. The molecule has 0 aromatic heterocycles. The van der Waals surface area contributed by atoms with Crippen LogP contribution in [0.2, 0.25) is 0 Å². The summed E-state index contributed by atoms with van der Waals surface area (Å²) < 4.78 is 26.9. The molecule has 1 atom stereocenters. The maximum Gasteiger partial charge on any atom is 0.240 e. The lowest BCUT2D eigenvalue weighted by Gasteiger charge is -2.22. The van der Waals surface area contributed by atoms with Crippen molar-refractivity contribution in [3.05, 3.63) is 24.3 Å². The molecule has 0 radical (unpaired) electrons. The van der Waals surface area contributed by atoms with E-state index < -0.39 is 10.0 Å². The first-order valence-corrected chi connectivity index (χ1v) is 7.70. The molecule has 0 spiro atoms. The Morgan fingerprint density at radius 3 is 2.39 bits per heavy atom. The third-order valence-corrected chi connectivity index (χ3v) is 4.78. The van der Waals surface area contributed by atoms with Crippen molar-refractivity contribution >= 4 is 10.0 Å². The summed E-state index contributed by atoms with van der Waals surface area (Å²) in [5, 5.41) is 9.32. The van der Waals surface area contributed by atoms with E-state index in [1.165, 1.54) is 24.3 Å². The maximum atomic E-state index is 12.1. The second-order valence-electron chi connectivity index (χ2n) is 4.48. The number of rotatable bonds is 6. The Labute approximate surface area is 109 Å². The number of phenolic OH excluding ortho intramolecular Hbond substituents is 1. The van der Waals surface area contributed by atoms with Crippen molar-refractivity contribution in [2.45, 2.75) is 44.6 Å². The highest BCUT2D eigenvalue weighted by molar-refractivity contribution is 7.89.